The second-order valence-corrected chi connectivity index (χ2v) is 7.63. The summed E-state index contributed by atoms with van der Waals surface area (Å²) in [5.74, 6) is -0.753. The third-order valence-electron chi connectivity index (χ3n) is 4.23. The zero-order valence-corrected chi connectivity index (χ0v) is 15.6. The molecular weight excluding hydrogens is 314 g/mol. The summed E-state index contributed by atoms with van der Waals surface area (Å²) in [7, 11) is 1.94. The summed E-state index contributed by atoms with van der Waals surface area (Å²) in [6.07, 6.45) is 3.64. The van der Waals surface area contributed by atoms with Crippen molar-refractivity contribution in [2.75, 3.05) is 0 Å². The number of aliphatic carboxylic acids is 1. The fourth-order valence-corrected chi connectivity index (χ4v) is 3.03. The summed E-state index contributed by atoms with van der Waals surface area (Å²) >= 11 is 0. The Hall–Kier alpha value is -2.14. The van der Waals surface area contributed by atoms with Gasteiger partial charge in [-0.05, 0) is 18.4 Å². The van der Waals surface area contributed by atoms with Gasteiger partial charge in [-0.15, -0.1) is 0 Å². The number of rotatable bonds is 8. The number of hydrogen-bond acceptors (Lipinski definition) is 3. The minimum atomic E-state index is -0.753. The van der Waals surface area contributed by atoms with E-state index >= 15 is 0 Å². The molecule has 0 radical (unpaired) electrons. The van der Waals surface area contributed by atoms with Gasteiger partial charge in [-0.2, -0.15) is 5.10 Å². The van der Waals surface area contributed by atoms with E-state index in [1.54, 1.807) is 0 Å². The smallest absolute Gasteiger partial charge is 0.303 e. The first-order chi connectivity index (χ1) is 11.8. The molecule has 0 saturated carbocycles. The van der Waals surface area contributed by atoms with Crippen LogP contribution in [0, 0.1) is 0 Å². The highest BCUT2D eigenvalue weighted by Gasteiger charge is 2.22. The fourth-order valence-electron chi connectivity index (χ4n) is 3.03. The summed E-state index contributed by atoms with van der Waals surface area (Å²) in [5, 5.41) is 17.2. The molecule has 0 aliphatic carbocycles. The van der Waals surface area contributed by atoms with Gasteiger partial charge >= 0.3 is 5.97 Å². The summed E-state index contributed by atoms with van der Waals surface area (Å²) < 4.78 is 1.85. The molecule has 136 valence electrons. The molecule has 2 N–H and O–H groups in total. The zero-order valence-electron chi connectivity index (χ0n) is 15.6. The molecule has 0 amide bonds. The SMILES string of the molecule is Cn1cc(CNC(CCC(=O)O)Cc2ccccc2)c(C(C)(C)C)n1. The highest BCUT2D eigenvalue weighted by molar-refractivity contribution is 5.66. The number of carboxylic acid groups (broad SMARTS) is 1. The van der Waals surface area contributed by atoms with Crippen LogP contribution in [0.25, 0.3) is 0 Å². The topological polar surface area (TPSA) is 67.2 Å². The third-order valence-corrected chi connectivity index (χ3v) is 4.23. The van der Waals surface area contributed by atoms with Gasteiger partial charge < -0.3 is 10.4 Å². The molecule has 25 heavy (non-hydrogen) atoms. The van der Waals surface area contributed by atoms with Gasteiger partial charge in [-0.1, -0.05) is 51.1 Å². The molecule has 2 aromatic rings. The van der Waals surface area contributed by atoms with E-state index in [0.717, 1.165) is 12.1 Å². The maximum Gasteiger partial charge on any atom is 0.303 e. The van der Waals surface area contributed by atoms with E-state index in [9.17, 15) is 4.79 Å². The largest absolute Gasteiger partial charge is 0.481 e. The summed E-state index contributed by atoms with van der Waals surface area (Å²) in [4.78, 5) is 11.0. The van der Waals surface area contributed by atoms with Crippen molar-refractivity contribution in [2.24, 2.45) is 7.05 Å². The van der Waals surface area contributed by atoms with Crippen LogP contribution in [0.1, 0.15) is 50.4 Å². The predicted octanol–water partition coefficient (Wildman–Crippen LogP) is 3.28. The molecule has 1 unspecified atom stereocenters. The first-order valence-corrected chi connectivity index (χ1v) is 8.78. The fraction of sp³-hybridized carbons (Fsp3) is 0.500. The molecule has 5 nitrogen and oxygen atoms in total. The Labute approximate surface area is 150 Å². The van der Waals surface area contributed by atoms with Crippen molar-refractivity contribution in [2.45, 2.75) is 58.0 Å². The van der Waals surface area contributed by atoms with Crippen molar-refractivity contribution in [3.05, 3.63) is 53.3 Å². The molecule has 0 aliphatic heterocycles. The number of aromatic nitrogens is 2. The highest BCUT2D eigenvalue weighted by Crippen LogP contribution is 2.24. The highest BCUT2D eigenvalue weighted by atomic mass is 16.4. The summed E-state index contributed by atoms with van der Waals surface area (Å²) in [6.45, 7) is 7.16. The van der Waals surface area contributed by atoms with Crippen LogP contribution in [-0.2, 0) is 30.2 Å². The van der Waals surface area contributed by atoms with Gasteiger partial charge in [-0.3, -0.25) is 9.48 Å². The van der Waals surface area contributed by atoms with Gasteiger partial charge in [-0.25, -0.2) is 0 Å². The molecule has 0 saturated heterocycles. The van der Waals surface area contributed by atoms with Crippen LogP contribution < -0.4 is 5.32 Å². The normalized spacial score (nSPS) is 13.0. The van der Waals surface area contributed by atoms with Crippen molar-refractivity contribution < 1.29 is 9.90 Å². The number of nitrogens with zero attached hydrogens (tertiary/aromatic N) is 2. The van der Waals surface area contributed by atoms with E-state index in [2.05, 4.69) is 43.3 Å². The second kappa shape index (κ2) is 8.30. The molecule has 0 aliphatic rings. The van der Waals surface area contributed by atoms with Gasteiger partial charge in [0.15, 0.2) is 0 Å². The number of benzene rings is 1. The van der Waals surface area contributed by atoms with Crippen molar-refractivity contribution in [3.63, 3.8) is 0 Å². The van der Waals surface area contributed by atoms with Gasteiger partial charge in [0.2, 0.25) is 0 Å². The first-order valence-electron chi connectivity index (χ1n) is 8.78. The Kier molecular flexibility index (Phi) is 6.37. The lowest BCUT2D eigenvalue weighted by molar-refractivity contribution is -0.137. The molecule has 1 heterocycles. The van der Waals surface area contributed by atoms with E-state index in [1.807, 2.05) is 36.1 Å². The number of aryl methyl sites for hydroxylation is 1. The molecule has 1 aromatic heterocycles. The summed E-state index contributed by atoms with van der Waals surface area (Å²) in [6, 6.07) is 10.3. The van der Waals surface area contributed by atoms with Crippen LogP contribution in [0.5, 0.6) is 0 Å². The maximum absolute atomic E-state index is 11.0. The van der Waals surface area contributed by atoms with Crippen molar-refractivity contribution in [3.8, 4) is 0 Å². The van der Waals surface area contributed by atoms with Gasteiger partial charge in [0, 0.05) is 43.2 Å². The minimum Gasteiger partial charge on any atom is -0.481 e. The Bertz CT molecular complexity index is 687. The zero-order chi connectivity index (χ0) is 18.4. The summed E-state index contributed by atoms with van der Waals surface area (Å²) in [5.41, 5.74) is 3.45. The number of nitrogens with one attached hydrogen (secondary N) is 1. The lowest BCUT2D eigenvalue weighted by Gasteiger charge is -2.21. The van der Waals surface area contributed by atoms with Crippen LogP contribution in [-0.4, -0.2) is 26.9 Å². The Morgan fingerprint density at radius 2 is 1.96 bits per heavy atom. The Morgan fingerprint density at radius 1 is 1.28 bits per heavy atom. The van der Waals surface area contributed by atoms with Gasteiger partial charge in [0.1, 0.15) is 0 Å². The Morgan fingerprint density at radius 3 is 2.56 bits per heavy atom. The van der Waals surface area contributed by atoms with E-state index in [4.69, 9.17) is 5.11 Å². The van der Waals surface area contributed by atoms with E-state index in [1.165, 1.54) is 11.1 Å². The van der Waals surface area contributed by atoms with Crippen LogP contribution in [0.4, 0.5) is 0 Å². The van der Waals surface area contributed by atoms with Crippen LogP contribution in [0.3, 0.4) is 0 Å². The predicted molar refractivity (Wildman–Crippen MR) is 99.6 cm³/mol. The average molecular weight is 343 g/mol. The van der Waals surface area contributed by atoms with Crippen molar-refractivity contribution in [1.29, 1.82) is 0 Å². The molecular formula is C20H29N3O2. The van der Waals surface area contributed by atoms with E-state index in [-0.39, 0.29) is 17.9 Å². The lowest BCUT2D eigenvalue weighted by atomic mass is 9.89. The van der Waals surface area contributed by atoms with Crippen molar-refractivity contribution >= 4 is 5.97 Å². The average Bonchev–Trinajstić information content (AvgIpc) is 2.92. The quantitative estimate of drug-likeness (QED) is 0.772. The molecule has 0 bridgehead atoms. The van der Waals surface area contributed by atoms with Crippen LogP contribution in [0.15, 0.2) is 36.5 Å². The van der Waals surface area contributed by atoms with E-state index < -0.39 is 5.97 Å². The number of carboxylic acids is 1. The monoisotopic (exact) mass is 343 g/mol. The number of hydrogen-bond donors (Lipinski definition) is 2. The first kappa shape index (κ1) is 19.2. The third kappa shape index (κ3) is 6.02. The molecule has 1 atom stereocenters. The number of carbonyl (C=O) groups is 1. The molecule has 1 aromatic carbocycles. The van der Waals surface area contributed by atoms with Crippen LogP contribution >= 0.6 is 0 Å². The molecule has 0 spiro atoms. The van der Waals surface area contributed by atoms with Crippen molar-refractivity contribution in [1.82, 2.24) is 15.1 Å². The minimum absolute atomic E-state index is 0.0196. The molecule has 0 fully saturated rings. The molecule has 5 heteroatoms. The maximum atomic E-state index is 11.0. The second-order valence-electron chi connectivity index (χ2n) is 7.63. The molecule has 2 rings (SSSR count). The van der Waals surface area contributed by atoms with E-state index in [0.29, 0.717) is 13.0 Å². The lowest BCUT2D eigenvalue weighted by Crippen LogP contribution is -2.32. The van der Waals surface area contributed by atoms with Gasteiger partial charge in [0.05, 0.1) is 5.69 Å². The Balaban J connectivity index is 2.07. The van der Waals surface area contributed by atoms with Crippen LogP contribution in [0.2, 0.25) is 0 Å². The standard InChI is InChI=1S/C20H29N3O2/c1-20(2,3)19-16(14-23(4)22-19)13-21-17(10-11-18(24)25)12-15-8-6-5-7-9-15/h5-9,14,17,21H,10-13H2,1-4H3,(H,24,25). The van der Waals surface area contributed by atoms with Gasteiger partial charge in [0.25, 0.3) is 0 Å².